The van der Waals surface area contributed by atoms with Gasteiger partial charge in [-0.1, -0.05) is 65.0 Å². The lowest BCUT2D eigenvalue weighted by Gasteiger charge is -2.30. The zero-order chi connectivity index (χ0) is 30.7. The van der Waals surface area contributed by atoms with E-state index in [1.54, 1.807) is 13.8 Å². The number of carbonyl (C=O) groups is 5. The van der Waals surface area contributed by atoms with E-state index in [-0.39, 0.29) is 57.6 Å². The van der Waals surface area contributed by atoms with Crippen molar-refractivity contribution in [3.05, 3.63) is 35.9 Å². The average molecular weight is 567 g/mol. The third-order valence-electron chi connectivity index (χ3n) is 5.16. The summed E-state index contributed by atoms with van der Waals surface area (Å²) in [6, 6.07) is 9.15. The van der Waals surface area contributed by atoms with Gasteiger partial charge in [-0.15, -0.1) is 0 Å². The first-order chi connectivity index (χ1) is 18.8. The summed E-state index contributed by atoms with van der Waals surface area (Å²) < 4.78 is 0. The van der Waals surface area contributed by atoms with Gasteiger partial charge < -0.3 is 35.3 Å². The Morgan fingerprint density at radius 2 is 1.27 bits per heavy atom. The van der Waals surface area contributed by atoms with Gasteiger partial charge in [0.2, 0.25) is 23.6 Å². The fourth-order valence-corrected chi connectivity index (χ4v) is 3.30. The molecule has 0 fully saturated rings. The molecule has 0 bridgehead atoms. The molecule has 40 heavy (non-hydrogen) atoms. The number of nitrogens with one attached hydrogen (secondary N) is 1. The van der Waals surface area contributed by atoms with Gasteiger partial charge in [0, 0.05) is 38.5 Å². The van der Waals surface area contributed by atoms with Crippen LogP contribution in [0.25, 0.3) is 0 Å². The molecule has 12 nitrogen and oxygen atoms in total. The molecule has 0 saturated heterocycles. The Kier molecular flexibility index (Phi) is 18.6. The molecule has 4 amide bonds. The second kappa shape index (κ2) is 20.4. The number of aliphatic hydroxyl groups excluding tert-OH is 2. The van der Waals surface area contributed by atoms with Gasteiger partial charge in [-0.3, -0.25) is 24.0 Å². The van der Waals surface area contributed by atoms with Crippen LogP contribution < -0.4 is 5.32 Å². The molecule has 226 valence electrons. The van der Waals surface area contributed by atoms with Gasteiger partial charge in [0.25, 0.3) is 0 Å². The van der Waals surface area contributed by atoms with E-state index < -0.39 is 43.4 Å². The summed E-state index contributed by atoms with van der Waals surface area (Å²) in [4.78, 5) is 64.7. The SMILES string of the molecule is CC(C)C.CC(C)C(=O)N(CC(=O)N(CCO)CC(=O)N(CCO)CCC(=O)NCC(=O)O)Cc1ccccc1. The number of benzene rings is 1. The van der Waals surface area contributed by atoms with E-state index in [2.05, 4.69) is 26.1 Å². The molecule has 0 aliphatic carbocycles. The first-order valence-electron chi connectivity index (χ1n) is 13.4. The van der Waals surface area contributed by atoms with Gasteiger partial charge in [-0.25, -0.2) is 0 Å². The molecule has 0 atom stereocenters. The minimum absolute atomic E-state index is 0.0990. The lowest BCUT2D eigenvalue weighted by molar-refractivity contribution is -0.146. The molecule has 4 N–H and O–H groups in total. The summed E-state index contributed by atoms with van der Waals surface area (Å²) in [6.45, 7) is 7.73. The summed E-state index contributed by atoms with van der Waals surface area (Å²) in [6.07, 6.45) is -0.194. The highest BCUT2D eigenvalue weighted by Crippen LogP contribution is 2.10. The largest absolute Gasteiger partial charge is 0.480 e. The van der Waals surface area contributed by atoms with Crippen LogP contribution in [0, 0.1) is 11.8 Å². The highest BCUT2D eigenvalue weighted by atomic mass is 16.4. The van der Waals surface area contributed by atoms with Gasteiger partial charge >= 0.3 is 5.97 Å². The minimum atomic E-state index is -1.21. The highest BCUT2D eigenvalue weighted by Gasteiger charge is 2.26. The summed E-state index contributed by atoms with van der Waals surface area (Å²) in [7, 11) is 0. The quantitative estimate of drug-likeness (QED) is 0.225. The first-order valence-corrected chi connectivity index (χ1v) is 13.4. The number of rotatable bonds is 16. The number of hydrogen-bond acceptors (Lipinski definition) is 7. The fourth-order valence-electron chi connectivity index (χ4n) is 3.30. The van der Waals surface area contributed by atoms with Crippen molar-refractivity contribution in [2.45, 2.75) is 47.6 Å². The van der Waals surface area contributed by atoms with Crippen molar-refractivity contribution in [1.29, 1.82) is 0 Å². The van der Waals surface area contributed by atoms with E-state index in [1.165, 1.54) is 9.80 Å². The lowest BCUT2D eigenvalue weighted by Crippen LogP contribution is -2.49. The van der Waals surface area contributed by atoms with E-state index in [0.29, 0.717) is 0 Å². The third kappa shape index (κ3) is 16.5. The Balaban J connectivity index is 0.00000354. The number of aliphatic carboxylic acids is 1. The van der Waals surface area contributed by atoms with Gasteiger partial charge in [0.05, 0.1) is 19.8 Å². The highest BCUT2D eigenvalue weighted by molar-refractivity contribution is 5.89. The van der Waals surface area contributed by atoms with Crippen LogP contribution in [0.3, 0.4) is 0 Å². The molecular formula is C28H46N4O8. The second-order valence-corrected chi connectivity index (χ2v) is 10.1. The second-order valence-electron chi connectivity index (χ2n) is 10.1. The summed E-state index contributed by atoms with van der Waals surface area (Å²) in [5.41, 5.74) is 0.833. The summed E-state index contributed by atoms with van der Waals surface area (Å²) in [5, 5.41) is 29.6. The molecule has 1 aromatic carbocycles. The molecule has 0 radical (unpaired) electrons. The minimum Gasteiger partial charge on any atom is -0.480 e. The van der Waals surface area contributed by atoms with E-state index in [9.17, 15) is 34.2 Å². The molecule has 12 heteroatoms. The van der Waals surface area contributed by atoms with Gasteiger partial charge in [0.15, 0.2) is 0 Å². The van der Waals surface area contributed by atoms with Gasteiger partial charge in [-0.05, 0) is 11.5 Å². The molecular weight excluding hydrogens is 520 g/mol. The van der Waals surface area contributed by atoms with Crippen LogP contribution in [0.5, 0.6) is 0 Å². The van der Waals surface area contributed by atoms with Crippen molar-refractivity contribution in [1.82, 2.24) is 20.0 Å². The lowest BCUT2D eigenvalue weighted by atomic mass is 10.1. The van der Waals surface area contributed by atoms with Crippen LogP contribution in [-0.4, -0.2) is 112 Å². The van der Waals surface area contributed by atoms with Crippen molar-refractivity contribution < 1.29 is 39.3 Å². The molecule has 0 aliphatic heterocycles. The van der Waals surface area contributed by atoms with E-state index in [1.807, 2.05) is 30.3 Å². The van der Waals surface area contributed by atoms with Crippen molar-refractivity contribution in [3.8, 4) is 0 Å². The molecule has 0 unspecified atom stereocenters. The van der Waals surface area contributed by atoms with E-state index >= 15 is 0 Å². The fraction of sp³-hybridized carbons (Fsp3) is 0.607. The summed E-state index contributed by atoms with van der Waals surface area (Å²) in [5.74, 6) is -2.66. The topological polar surface area (TPSA) is 168 Å². The van der Waals surface area contributed by atoms with Crippen LogP contribution in [-0.2, 0) is 30.5 Å². The van der Waals surface area contributed by atoms with Crippen LogP contribution in [0.4, 0.5) is 0 Å². The number of amides is 4. The van der Waals surface area contributed by atoms with E-state index in [0.717, 1.165) is 16.4 Å². The molecule has 0 heterocycles. The van der Waals surface area contributed by atoms with Crippen LogP contribution >= 0.6 is 0 Å². The monoisotopic (exact) mass is 566 g/mol. The van der Waals surface area contributed by atoms with Crippen molar-refractivity contribution in [2.24, 2.45) is 11.8 Å². The normalized spacial score (nSPS) is 10.4. The van der Waals surface area contributed by atoms with Crippen molar-refractivity contribution in [2.75, 3.05) is 52.5 Å². The Morgan fingerprint density at radius 3 is 1.77 bits per heavy atom. The molecule has 0 aliphatic rings. The number of carboxylic acid groups (broad SMARTS) is 1. The molecule has 1 aromatic rings. The number of aliphatic hydroxyl groups is 2. The predicted octanol–water partition coefficient (Wildman–Crippen LogP) is 0.566. The smallest absolute Gasteiger partial charge is 0.322 e. The zero-order valence-electron chi connectivity index (χ0n) is 24.3. The number of carboxylic acids is 1. The first kappa shape index (κ1) is 36.5. The van der Waals surface area contributed by atoms with Crippen LogP contribution in [0.15, 0.2) is 30.3 Å². The summed E-state index contributed by atoms with van der Waals surface area (Å²) >= 11 is 0. The van der Waals surface area contributed by atoms with E-state index in [4.69, 9.17) is 5.11 Å². The molecule has 0 spiro atoms. The maximum absolute atomic E-state index is 13.1. The maximum atomic E-state index is 13.1. The van der Waals surface area contributed by atoms with Crippen molar-refractivity contribution >= 4 is 29.6 Å². The Labute approximate surface area is 236 Å². The molecule has 1 rings (SSSR count). The van der Waals surface area contributed by atoms with Crippen LogP contribution in [0.2, 0.25) is 0 Å². The number of nitrogens with zero attached hydrogens (tertiary/aromatic N) is 3. The Bertz CT molecular complexity index is 921. The standard InChI is InChI=1S/C24H36N4O8.C4H10/c1-18(2)24(36)28(15-19-6-4-3-5-7-19)17-22(33)27(11-13-30)16-21(32)26(10-12-29)9-8-20(31)25-14-23(34)35;1-4(2)3/h3-7,18,29-30H,8-17H2,1-2H3,(H,25,31)(H,34,35);4H,1-3H3. The molecule has 0 aromatic heterocycles. The number of hydrogen-bond donors (Lipinski definition) is 4. The Morgan fingerprint density at radius 1 is 0.775 bits per heavy atom. The zero-order valence-corrected chi connectivity index (χ0v) is 24.3. The Hall–Kier alpha value is -3.51. The average Bonchev–Trinajstić information content (AvgIpc) is 2.88. The third-order valence-corrected chi connectivity index (χ3v) is 5.16. The maximum Gasteiger partial charge on any atom is 0.322 e. The number of carbonyl (C=O) groups excluding carboxylic acids is 4. The van der Waals surface area contributed by atoms with Crippen molar-refractivity contribution in [3.63, 3.8) is 0 Å². The predicted molar refractivity (Wildman–Crippen MR) is 150 cm³/mol. The molecule has 0 saturated carbocycles. The van der Waals surface area contributed by atoms with Gasteiger partial charge in [-0.2, -0.15) is 0 Å². The van der Waals surface area contributed by atoms with Crippen LogP contribution in [0.1, 0.15) is 46.6 Å². The van der Waals surface area contributed by atoms with Gasteiger partial charge in [0.1, 0.15) is 13.1 Å².